The number of benzene rings is 1. The van der Waals surface area contributed by atoms with Crippen LogP contribution in [-0.4, -0.2) is 35.2 Å². The van der Waals surface area contributed by atoms with Crippen molar-refractivity contribution in [3.63, 3.8) is 0 Å². The minimum Gasteiger partial charge on any atom is -0.380 e. The summed E-state index contributed by atoms with van der Waals surface area (Å²) in [5, 5.41) is 2.96. The summed E-state index contributed by atoms with van der Waals surface area (Å²) >= 11 is 0. The van der Waals surface area contributed by atoms with E-state index in [1.165, 1.54) is 0 Å². The van der Waals surface area contributed by atoms with Crippen molar-refractivity contribution >= 4 is 10.0 Å². The van der Waals surface area contributed by atoms with Crippen molar-refractivity contribution in [2.75, 3.05) is 26.8 Å². The molecule has 102 valence electrons. The molecule has 0 saturated carbocycles. The van der Waals surface area contributed by atoms with Crippen LogP contribution in [0.25, 0.3) is 0 Å². The fourth-order valence-corrected chi connectivity index (χ4v) is 2.82. The lowest BCUT2D eigenvalue weighted by Gasteiger charge is -2.11. The van der Waals surface area contributed by atoms with Crippen LogP contribution in [-0.2, 0) is 21.3 Å². The summed E-state index contributed by atoms with van der Waals surface area (Å²) in [6.07, 6.45) is 0. The highest BCUT2D eigenvalue weighted by Gasteiger charge is 2.16. The lowest BCUT2D eigenvalue weighted by molar-refractivity contribution is 0.153. The Morgan fingerprint density at radius 1 is 1.28 bits per heavy atom. The molecule has 6 heteroatoms. The van der Waals surface area contributed by atoms with Crippen LogP contribution >= 0.6 is 0 Å². The summed E-state index contributed by atoms with van der Waals surface area (Å²) in [7, 11) is -1.68. The highest BCUT2D eigenvalue weighted by molar-refractivity contribution is 7.89. The molecule has 0 radical (unpaired) electrons. The van der Waals surface area contributed by atoms with E-state index in [2.05, 4.69) is 10.0 Å². The van der Waals surface area contributed by atoms with E-state index in [-0.39, 0.29) is 6.54 Å². The second-order valence-electron chi connectivity index (χ2n) is 3.73. The van der Waals surface area contributed by atoms with Crippen LogP contribution in [0.2, 0.25) is 0 Å². The Bertz CT molecular complexity index is 460. The monoisotopic (exact) mass is 272 g/mol. The molecule has 18 heavy (non-hydrogen) atoms. The number of hydrogen-bond donors (Lipinski definition) is 2. The van der Waals surface area contributed by atoms with E-state index in [1.54, 1.807) is 25.2 Å². The standard InChI is InChI=1S/C12H20N2O3S/c1-3-17-9-8-14-18(15,16)12-7-5-4-6-11(12)10-13-2/h4-7,13-14H,3,8-10H2,1-2H3. The molecule has 0 spiro atoms. The quantitative estimate of drug-likeness (QED) is 0.684. The molecule has 0 bridgehead atoms. The van der Waals surface area contributed by atoms with E-state index in [0.717, 1.165) is 5.56 Å². The van der Waals surface area contributed by atoms with Gasteiger partial charge in [-0.25, -0.2) is 13.1 Å². The summed E-state index contributed by atoms with van der Waals surface area (Å²) in [5.41, 5.74) is 0.754. The lowest BCUT2D eigenvalue weighted by atomic mass is 10.2. The van der Waals surface area contributed by atoms with Gasteiger partial charge in [0.05, 0.1) is 11.5 Å². The molecule has 0 fully saturated rings. The van der Waals surface area contributed by atoms with Crippen LogP contribution in [0.5, 0.6) is 0 Å². The number of rotatable bonds is 8. The van der Waals surface area contributed by atoms with Crippen molar-refractivity contribution in [1.82, 2.24) is 10.0 Å². The second-order valence-corrected chi connectivity index (χ2v) is 5.47. The summed E-state index contributed by atoms with van der Waals surface area (Å²) in [5.74, 6) is 0. The van der Waals surface area contributed by atoms with Crippen LogP contribution in [0.15, 0.2) is 29.2 Å². The third-order valence-corrected chi connectivity index (χ3v) is 3.93. The second kappa shape index (κ2) is 7.48. The van der Waals surface area contributed by atoms with Crippen LogP contribution < -0.4 is 10.0 Å². The molecule has 1 aromatic rings. The summed E-state index contributed by atoms with van der Waals surface area (Å²) in [6.45, 7) is 3.63. The minimum absolute atomic E-state index is 0.282. The zero-order valence-corrected chi connectivity index (χ0v) is 11.6. The minimum atomic E-state index is -3.46. The topological polar surface area (TPSA) is 67.4 Å². The molecule has 0 aliphatic heterocycles. The molecule has 1 rings (SSSR count). The smallest absolute Gasteiger partial charge is 0.240 e. The highest BCUT2D eigenvalue weighted by atomic mass is 32.2. The van der Waals surface area contributed by atoms with Crippen molar-refractivity contribution in [2.45, 2.75) is 18.4 Å². The Hall–Kier alpha value is -0.950. The van der Waals surface area contributed by atoms with Gasteiger partial charge in [-0.1, -0.05) is 18.2 Å². The van der Waals surface area contributed by atoms with Gasteiger partial charge in [0.1, 0.15) is 0 Å². The van der Waals surface area contributed by atoms with E-state index in [9.17, 15) is 8.42 Å². The third kappa shape index (κ3) is 4.38. The van der Waals surface area contributed by atoms with Gasteiger partial charge < -0.3 is 10.1 Å². The SMILES string of the molecule is CCOCCNS(=O)(=O)c1ccccc1CNC. The van der Waals surface area contributed by atoms with Gasteiger partial charge in [-0.05, 0) is 25.6 Å². The molecule has 0 atom stereocenters. The fraction of sp³-hybridized carbons (Fsp3) is 0.500. The zero-order valence-electron chi connectivity index (χ0n) is 10.8. The largest absolute Gasteiger partial charge is 0.380 e. The van der Waals surface area contributed by atoms with Gasteiger partial charge in [0.2, 0.25) is 10.0 Å². The molecular weight excluding hydrogens is 252 g/mol. The zero-order chi connectivity index (χ0) is 13.4. The predicted octanol–water partition coefficient (Wildman–Crippen LogP) is 0.721. The molecule has 1 aromatic carbocycles. The van der Waals surface area contributed by atoms with Gasteiger partial charge >= 0.3 is 0 Å². The van der Waals surface area contributed by atoms with Crippen LogP contribution in [0.4, 0.5) is 0 Å². The van der Waals surface area contributed by atoms with Gasteiger partial charge in [-0.3, -0.25) is 0 Å². The molecule has 5 nitrogen and oxygen atoms in total. The number of nitrogens with one attached hydrogen (secondary N) is 2. The van der Waals surface area contributed by atoms with Gasteiger partial charge in [-0.15, -0.1) is 0 Å². The first-order valence-corrected chi connectivity index (χ1v) is 7.40. The van der Waals surface area contributed by atoms with Crippen molar-refractivity contribution in [1.29, 1.82) is 0 Å². The normalized spacial score (nSPS) is 11.7. The maximum atomic E-state index is 12.1. The number of sulfonamides is 1. The fourth-order valence-electron chi connectivity index (χ4n) is 1.57. The molecule has 0 aliphatic carbocycles. The van der Waals surface area contributed by atoms with E-state index in [1.807, 2.05) is 13.0 Å². The Balaban J connectivity index is 2.77. The molecule has 2 N–H and O–H groups in total. The molecule has 0 unspecified atom stereocenters. The van der Waals surface area contributed by atoms with E-state index >= 15 is 0 Å². The van der Waals surface area contributed by atoms with Crippen LogP contribution in [0, 0.1) is 0 Å². The maximum absolute atomic E-state index is 12.1. The summed E-state index contributed by atoms with van der Waals surface area (Å²) in [4.78, 5) is 0.316. The first-order chi connectivity index (χ1) is 8.61. The maximum Gasteiger partial charge on any atom is 0.240 e. The first-order valence-electron chi connectivity index (χ1n) is 5.91. The molecule has 0 aliphatic rings. The molecule has 0 aromatic heterocycles. The Labute approximate surface area is 109 Å². The van der Waals surface area contributed by atoms with Gasteiger partial charge in [0.15, 0.2) is 0 Å². The molecular formula is C12H20N2O3S. The number of hydrogen-bond acceptors (Lipinski definition) is 4. The molecule has 0 amide bonds. The van der Waals surface area contributed by atoms with E-state index < -0.39 is 10.0 Å². The average Bonchev–Trinajstić information content (AvgIpc) is 2.36. The Morgan fingerprint density at radius 2 is 2.00 bits per heavy atom. The summed E-state index contributed by atoms with van der Waals surface area (Å²) in [6, 6.07) is 6.95. The van der Waals surface area contributed by atoms with Gasteiger partial charge in [0.25, 0.3) is 0 Å². The molecule has 0 saturated heterocycles. The van der Waals surface area contributed by atoms with Crippen LogP contribution in [0.1, 0.15) is 12.5 Å². The predicted molar refractivity (Wildman–Crippen MR) is 70.9 cm³/mol. The van der Waals surface area contributed by atoms with Gasteiger partial charge in [-0.2, -0.15) is 0 Å². The summed E-state index contributed by atoms with van der Waals surface area (Å²) < 4.78 is 31.8. The lowest BCUT2D eigenvalue weighted by Crippen LogP contribution is -2.28. The van der Waals surface area contributed by atoms with E-state index in [4.69, 9.17) is 4.74 Å². The van der Waals surface area contributed by atoms with Crippen LogP contribution in [0.3, 0.4) is 0 Å². The van der Waals surface area contributed by atoms with Crippen molar-refractivity contribution in [3.8, 4) is 0 Å². The van der Waals surface area contributed by atoms with Crippen molar-refractivity contribution in [2.24, 2.45) is 0 Å². The first kappa shape index (κ1) is 15.1. The third-order valence-electron chi connectivity index (χ3n) is 2.37. The molecule has 0 heterocycles. The van der Waals surface area contributed by atoms with Crippen molar-refractivity contribution < 1.29 is 13.2 Å². The number of ether oxygens (including phenoxy) is 1. The Morgan fingerprint density at radius 3 is 2.67 bits per heavy atom. The average molecular weight is 272 g/mol. The van der Waals surface area contributed by atoms with E-state index in [0.29, 0.717) is 24.7 Å². The highest BCUT2D eigenvalue weighted by Crippen LogP contribution is 2.14. The Kier molecular flexibility index (Phi) is 6.28. The van der Waals surface area contributed by atoms with Crippen molar-refractivity contribution in [3.05, 3.63) is 29.8 Å². The van der Waals surface area contributed by atoms with Gasteiger partial charge in [0, 0.05) is 19.7 Å².